The third-order valence-corrected chi connectivity index (χ3v) is 10.2. The molecule has 0 bridgehead atoms. The van der Waals surface area contributed by atoms with Crippen molar-refractivity contribution in [1.82, 2.24) is 0 Å². The molecule has 0 aromatic rings. The van der Waals surface area contributed by atoms with E-state index in [2.05, 4.69) is 49.2 Å². The third kappa shape index (κ3) is 12.2. The van der Waals surface area contributed by atoms with Crippen molar-refractivity contribution in [1.29, 1.82) is 0 Å². The number of unbranched alkanes of at least 4 members (excludes halogenated alkanes) is 8. The molecule has 0 rings (SSSR count). The average Bonchev–Trinajstić information content (AvgIpc) is 2.28. The van der Waals surface area contributed by atoms with Crippen LogP contribution in [0.3, 0.4) is 0 Å². The molecule has 0 aliphatic heterocycles. The third-order valence-electron chi connectivity index (χ3n) is 3.90. The first-order valence-corrected chi connectivity index (χ1v) is 14.4. The van der Waals surface area contributed by atoms with Crippen LogP contribution in [0, 0.1) is 0 Å². The molecule has 0 nitrogen and oxygen atoms in total. The van der Waals surface area contributed by atoms with Gasteiger partial charge in [0.2, 0.25) is 0 Å². The monoisotopic (exact) mass is 386 g/mol. The van der Waals surface area contributed by atoms with Crippen LogP contribution in [0.15, 0.2) is 0 Å². The van der Waals surface area contributed by atoms with Gasteiger partial charge in [0.1, 0.15) is 0 Å². The van der Waals surface area contributed by atoms with E-state index in [0.717, 1.165) is 0 Å². The fourth-order valence-electron chi connectivity index (χ4n) is 2.52. The van der Waals surface area contributed by atoms with Crippen molar-refractivity contribution in [2.24, 2.45) is 0 Å². The molecular formula is C16H36IP. The van der Waals surface area contributed by atoms with Crippen LogP contribution in [0.4, 0.5) is 0 Å². The van der Waals surface area contributed by atoms with E-state index < -0.39 is 4.25 Å². The average molecular weight is 386 g/mol. The van der Waals surface area contributed by atoms with Crippen LogP contribution in [-0.2, 0) is 0 Å². The summed E-state index contributed by atoms with van der Waals surface area (Å²) in [7, 11) is 0. The van der Waals surface area contributed by atoms with Gasteiger partial charge in [0.05, 0.1) is 0 Å². The molecule has 0 saturated heterocycles. The molecule has 0 amide bonds. The van der Waals surface area contributed by atoms with Gasteiger partial charge in [-0.15, -0.1) is 0 Å². The molecular weight excluding hydrogens is 350 g/mol. The van der Waals surface area contributed by atoms with Gasteiger partial charge in [-0.3, -0.25) is 0 Å². The molecule has 0 radical (unpaired) electrons. The summed E-state index contributed by atoms with van der Waals surface area (Å²) in [6.07, 6.45) is 17.4. The standard InChI is InChI=1S/C16H36IP/c1-5-7-9-11-13-15-18(3,4,17)16-14-12-10-8-6-2/h5-16H2,1-4H3. The van der Waals surface area contributed by atoms with Gasteiger partial charge in [0.15, 0.2) is 0 Å². The van der Waals surface area contributed by atoms with E-state index in [1.165, 1.54) is 76.5 Å². The Labute approximate surface area is 129 Å². The Morgan fingerprint density at radius 3 is 1.28 bits per heavy atom. The molecule has 0 N–H and O–H groups in total. The first-order valence-electron chi connectivity index (χ1n) is 8.11. The van der Waals surface area contributed by atoms with E-state index in [1.54, 1.807) is 0 Å². The molecule has 18 heavy (non-hydrogen) atoms. The Bertz CT molecular complexity index is 175. The van der Waals surface area contributed by atoms with E-state index >= 15 is 0 Å². The SMILES string of the molecule is CCCCCCCP(C)(C)(I)CCCCCCC. The summed E-state index contributed by atoms with van der Waals surface area (Å²) in [6.45, 7) is 9.81. The van der Waals surface area contributed by atoms with Crippen LogP contribution in [0.2, 0.25) is 0 Å². The molecule has 0 saturated carbocycles. The molecule has 0 aliphatic rings. The van der Waals surface area contributed by atoms with Crippen molar-refractivity contribution in [2.75, 3.05) is 25.7 Å². The molecule has 112 valence electrons. The van der Waals surface area contributed by atoms with Crippen molar-refractivity contribution in [3.63, 3.8) is 0 Å². The molecule has 0 atom stereocenters. The van der Waals surface area contributed by atoms with E-state index in [0.29, 0.717) is 0 Å². The van der Waals surface area contributed by atoms with E-state index in [4.69, 9.17) is 0 Å². The summed E-state index contributed by atoms with van der Waals surface area (Å²) in [5.74, 6) is 0. The minimum atomic E-state index is -1.32. The second kappa shape index (κ2) is 9.97. The van der Waals surface area contributed by atoms with Crippen LogP contribution in [0.1, 0.15) is 78.1 Å². The Kier molecular flexibility index (Phi) is 10.6. The summed E-state index contributed by atoms with van der Waals surface area (Å²) in [6, 6.07) is 0. The van der Waals surface area contributed by atoms with Gasteiger partial charge in [-0.05, 0) is 0 Å². The van der Waals surface area contributed by atoms with Crippen LogP contribution in [-0.4, -0.2) is 25.7 Å². The van der Waals surface area contributed by atoms with Gasteiger partial charge in [-0.2, -0.15) is 0 Å². The summed E-state index contributed by atoms with van der Waals surface area (Å²) in [5, 5.41) is 0. The zero-order chi connectivity index (χ0) is 13.9. The normalized spacial score (nSPS) is 14.4. The molecule has 0 aliphatic carbocycles. The topological polar surface area (TPSA) is 0 Å². The van der Waals surface area contributed by atoms with Crippen molar-refractivity contribution in [3.8, 4) is 0 Å². The fourth-order valence-corrected chi connectivity index (χ4v) is 7.19. The van der Waals surface area contributed by atoms with Crippen molar-refractivity contribution >= 4 is 26.3 Å². The molecule has 0 unspecified atom stereocenters. The van der Waals surface area contributed by atoms with Gasteiger partial charge < -0.3 is 0 Å². The van der Waals surface area contributed by atoms with Gasteiger partial charge in [-0.1, -0.05) is 0 Å². The van der Waals surface area contributed by atoms with Crippen molar-refractivity contribution < 1.29 is 0 Å². The van der Waals surface area contributed by atoms with E-state index in [1.807, 2.05) is 0 Å². The van der Waals surface area contributed by atoms with Crippen LogP contribution < -0.4 is 0 Å². The van der Waals surface area contributed by atoms with Gasteiger partial charge >= 0.3 is 130 Å². The Morgan fingerprint density at radius 1 is 0.611 bits per heavy atom. The maximum absolute atomic E-state index is 2.86. The Hall–Kier alpha value is 1.16. The first-order chi connectivity index (χ1) is 8.39. The number of hydrogen-bond donors (Lipinski definition) is 0. The number of rotatable bonds is 12. The Morgan fingerprint density at radius 2 is 0.944 bits per heavy atom. The van der Waals surface area contributed by atoms with Gasteiger partial charge in [0, 0.05) is 0 Å². The molecule has 0 aromatic heterocycles. The Balaban J connectivity index is 3.69. The second-order valence-electron chi connectivity index (χ2n) is 6.79. The van der Waals surface area contributed by atoms with E-state index in [-0.39, 0.29) is 0 Å². The zero-order valence-electron chi connectivity index (χ0n) is 13.3. The summed E-state index contributed by atoms with van der Waals surface area (Å²) >= 11 is 2.86. The van der Waals surface area contributed by atoms with Gasteiger partial charge in [0.25, 0.3) is 0 Å². The predicted octanol–water partition coefficient (Wildman–Crippen LogP) is 7.09. The fraction of sp³-hybridized carbons (Fsp3) is 1.00. The van der Waals surface area contributed by atoms with Crippen LogP contribution in [0.25, 0.3) is 0 Å². The summed E-state index contributed by atoms with van der Waals surface area (Å²) < 4.78 is -1.32. The first kappa shape index (κ1) is 19.2. The minimum absolute atomic E-state index is 1.32. The second-order valence-corrected chi connectivity index (χ2v) is 22.6. The van der Waals surface area contributed by atoms with Gasteiger partial charge in [-0.25, -0.2) is 0 Å². The molecule has 0 fully saturated rings. The number of halogens is 1. The predicted molar refractivity (Wildman–Crippen MR) is 100 cm³/mol. The summed E-state index contributed by atoms with van der Waals surface area (Å²) in [5.41, 5.74) is 0. The zero-order valence-corrected chi connectivity index (χ0v) is 16.4. The maximum atomic E-state index is 2.86. The van der Waals surface area contributed by atoms with E-state index in [9.17, 15) is 0 Å². The van der Waals surface area contributed by atoms with Crippen LogP contribution >= 0.6 is 26.3 Å². The van der Waals surface area contributed by atoms with Crippen molar-refractivity contribution in [2.45, 2.75) is 78.1 Å². The van der Waals surface area contributed by atoms with Crippen molar-refractivity contribution in [3.05, 3.63) is 0 Å². The quantitative estimate of drug-likeness (QED) is 0.191. The molecule has 0 aromatic carbocycles. The number of hydrogen-bond acceptors (Lipinski definition) is 0. The van der Waals surface area contributed by atoms with Crippen LogP contribution in [0.5, 0.6) is 0 Å². The molecule has 2 heteroatoms. The molecule has 0 heterocycles. The molecule has 0 spiro atoms. The summed E-state index contributed by atoms with van der Waals surface area (Å²) in [4.78, 5) is 0.